The molecule has 4 aliphatic heterocycles. The molecule has 74 valence electrons. The maximum Gasteiger partial charge on any atom is 0.253 e. The summed E-state index contributed by atoms with van der Waals surface area (Å²) in [5.74, 6) is 0.749. The van der Waals surface area contributed by atoms with Gasteiger partial charge in [0, 0.05) is 25.5 Å². The molecular formula is C8H11N5O. The summed E-state index contributed by atoms with van der Waals surface area (Å²) in [5.41, 5.74) is 0.965. The second-order valence-corrected chi connectivity index (χ2v) is 3.62. The number of fused-ring (bicyclic) bond motifs is 3. The molecule has 1 amide bonds. The van der Waals surface area contributed by atoms with Crippen LogP contribution in [0.4, 0.5) is 0 Å². The standard InChI is InChI=1S/C8H11N5O/c1-13-6-5-7(14)12-8(13)10-3-4(11-5)2-9-6/h2,5,8,10-11H,3H2,1H3,(H,12,14). The first-order valence-corrected chi connectivity index (χ1v) is 4.55. The zero-order valence-corrected chi connectivity index (χ0v) is 7.74. The van der Waals surface area contributed by atoms with E-state index >= 15 is 0 Å². The van der Waals surface area contributed by atoms with Gasteiger partial charge in [-0.3, -0.25) is 10.1 Å². The molecule has 2 saturated heterocycles. The van der Waals surface area contributed by atoms with Gasteiger partial charge in [-0.15, -0.1) is 0 Å². The predicted octanol–water partition coefficient (Wildman–Crippen LogP) is -1.85. The number of carbonyl (C=O) groups excluding carboxylic acids is 1. The first kappa shape index (κ1) is 7.81. The zero-order valence-electron chi connectivity index (χ0n) is 7.74. The molecule has 0 spiro atoms. The first-order valence-electron chi connectivity index (χ1n) is 4.55. The second kappa shape index (κ2) is 2.48. The van der Waals surface area contributed by atoms with Crippen LogP contribution in [0.25, 0.3) is 0 Å². The molecule has 0 aromatic heterocycles. The highest BCUT2D eigenvalue weighted by Crippen LogP contribution is 2.14. The SMILES string of the molecule is CN1C2=NC=C3CNC1NC(=O)C2N3. The minimum atomic E-state index is -0.321. The largest absolute Gasteiger partial charge is 0.369 e. The number of amides is 1. The Balaban J connectivity index is 2.10. The summed E-state index contributed by atoms with van der Waals surface area (Å²) in [6.45, 7) is 0.697. The summed E-state index contributed by atoms with van der Waals surface area (Å²) < 4.78 is 0. The minimum Gasteiger partial charge on any atom is -0.369 e. The summed E-state index contributed by atoms with van der Waals surface area (Å²) in [6.07, 6.45) is 1.63. The number of nitrogens with zero attached hydrogens (tertiary/aromatic N) is 2. The van der Waals surface area contributed by atoms with Crippen molar-refractivity contribution in [3.8, 4) is 0 Å². The van der Waals surface area contributed by atoms with Crippen LogP contribution in [0.3, 0.4) is 0 Å². The number of aliphatic imine (C=N–C) groups is 1. The van der Waals surface area contributed by atoms with Crippen molar-refractivity contribution in [3.63, 3.8) is 0 Å². The lowest BCUT2D eigenvalue weighted by molar-refractivity contribution is -0.125. The molecule has 0 aromatic carbocycles. The van der Waals surface area contributed by atoms with Crippen LogP contribution in [0.5, 0.6) is 0 Å². The molecular weight excluding hydrogens is 182 g/mol. The average molecular weight is 193 g/mol. The number of hydrogen-bond acceptors (Lipinski definition) is 5. The summed E-state index contributed by atoms with van der Waals surface area (Å²) >= 11 is 0. The quantitative estimate of drug-likeness (QED) is 0.422. The number of likely N-dealkylation sites (N-methyl/N-ethyl adjacent to an activating group) is 1. The van der Waals surface area contributed by atoms with Crippen LogP contribution >= 0.6 is 0 Å². The van der Waals surface area contributed by atoms with E-state index in [1.807, 2.05) is 11.9 Å². The van der Waals surface area contributed by atoms with Gasteiger partial charge in [0.15, 0.2) is 12.3 Å². The second-order valence-electron chi connectivity index (χ2n) is 3.62. The van der Waals surface area contributed by atoms with Crippen molar-refractivity contribution >= 4 is 11.7 Å². The van der Waals surface area contributed by atoms with Gasteiger partial charge in [0.05, 0.1) is 0 Å². The van der Waals surface area contributed by atoms with Crippen LogP contribution in [-0.2, 0) is 4.79 Å². The number of nitrogens with one attached hydrogen (secondary N) is 3. The van der Waals surface area contributed by atoms with Crippen molar-refractivity contribution in [1.82, 2.24) is 20.9 Å². The molecule has 2 unspecified atom stereocenters. The van der Waals surface area contributed by atoms with Gasteiger partial charge in [-0.05, 0) is 0 Å². The average Bonchev–Trinajstić information content (AvgIpc) is 2.18. The van der Waals surface area contributed by atoms with Crippen molar-refractivity contribution in [2.75, 3.05) is 13.6 Å². The summed E-state index contributed by atoms with van der Waals surface area (Å²) in [5, 5.41) is 9.20. The molecule has 0 aliphatic carbocycles. The lowest BCUT2D eigenvalue weighted by Gasteiger charge is -2.44. The molecule has 2 fully saturated rings. The van der Waals surface area contributed by atoms with E-state index in [9.17, 15) is 4.79 Å². The molecule has 4 bridgehead atoms. The van der Waals surface area contributed by atoms with E-state index in [-0.39, 0.29) is 18.2 Å². The van der Waals surface area contributed by atoms with Gasteiger partial charge in [0.1, 0.15) is 5.84 Å². The first-order chi connectivity index (χ1) is 6.75. The molecule has 0 radical (unpaired) electrons. The Morgan fingerprint density at radius 1 is 1.57 bits per heavy atom. The van der Waals surface area contributed by atoms with Gasteiger partial charge in [0.25, 0.3) is 5.91 Å². The molecule has 6 nitrogen and oxygen atoms in total. The summed E-state index contributed by atoms with van der Waals surface area (Å²) in [6, 6.07) is -0.321. The highest BCUT2D eigenvalue weighted by Gasteiger charge is 2.40. The van der Waals surface area contributed by atoms with E-state index in [4.69, 9.17) is 0 Å². The molecule has 4 aliphatic rings. The Bertz CT molecular complexity index is 361. The number of carbonyl (C=O) groups is 1. The fourth-order valence-corrected chi connectivity index (χ4v) is 1.92. The molecule has 4 heterocycles. The molecule has 0 aromatic rings. The van der Waals surface area contributed by atoms with Crippen LogP contribution in [0.2, 0.25) is 0 Å². The Kier molecular flexibility index (Phi) is 1.38. The number of rotatable bonds is 0. The molecule has 0 saturated carbocycles. The van der Waals surface area contributed by atoms with E-state index in [1.165, 1.54) is 0 Å². The third-order valence-corrected chi connectivity index (χ3v) is 2.72. The summed E-state index contributed by atoms with van der Waals surface area (Å²) in [4.78, 5) is 17.8. The topological polar surface area (TPSA) is 68.8 Å². The van der Waals surface area contributed by atoms with Crippen molar-refractivity contribution in [3.05, 3.63) is 11.9 Å². The zero-order chi connectivity index (χ0) is 9.71. The van der Waals surface area contributed by atoms with Crippen molar-refractivity contribution < 1.29 is 4.79 Å². The van der Waals surface area contributed by atoms with Gasteiger partial charge >= 0.3 is 0 Å². The number of amidine groups is 1. The van der Waals surface area contributed by atoms with E-state index < -0.39 is 0 Å². The smallest absolute Gasteiger partial charge is 0.253 e. The maximum absolute atomic E-state index is 11.6. The van der Waals surface area contributed by atoms with Gasteiger partial charge in [-0.1, -0.05) is 0 Å². The van der Waals surface area contributed by atoms with Crippen LogP contribution in [0, 0.1) is 0 Å². The minimum absolute atomic E-state index is 0.0235. The van der Waals surface area contributed by atoms with Crippen LogP contribution in [0.15, 0.2) is 16.9 Å². The number of hydrogen-bond donors (Lipinski definition) is 3. The Morgan fingerprint density at radius 2 is 2.43 bits per heavy atom. The highest BCUT2D eigenvalue weighted by atomic mass is 16.2. The van der Waals surface area contributed by atoms with Crippen LogP contribution in [-0.4, -0.2) is 42.6 Å². The Hall–Kier alpha value is -1.56. The van der Waals surface area contributed by atoms with Crippen molar-refractivity contribution in [1.29, 1.82) is 0 Å². The highest BCUT2D eigenvalue weighted by molar-refractivity contribution is 6.10. The van der Waals surface area contributed by atoms with E-state index in [0.717, 1.165) is 11.5 Å². The van der Waals surface area contributed by atoms with Crippen molar-refractivity contribution in [2.24, 2.45) is 4.99 Å². The molecule has 6 heteroatoms. The maximum atomic E-state index is 11.6. The summed E-state index contributed by atoms with van der Waals surface area (Å²) in [7, 11) is 1.91. The molecule has 2 atom stereocenters. The monoisotopic (exact) mass is 193 g/mol. The fraction of sp³-hybridized carbons (Fsp3) is 0.500. The normalized spacial score (nSPS) is 34.1. The van der Waals surface area contributed by atoms with Gasteiger partial charge in [-0.25, -0.2) is 4.99 Å². The van der Waals surface area contributed by atoms with E-state index in [0.29, 0.717) is 6.54 Å². The van der Waals surface area contributed by atoms with Gasteiger partial charge in [0.2, 0.25) is 0 Å². The lowest BCUT2D eigenvalue weighted by atomic mass is 10.1. The Labute approximate surface area is 81.1 Å². The van der Waals surface area contributed by atoms with Crippen molar-refractivity contribution in [2.45, 2.75) is 12.3 Å². The molecule has 3 N–H and O–H groups in total. The van der Waals surface area contributed by atoms with Gasteiger partial charge in [-0.2, -0.15) is 0 Å². The Morgan fingerprint density at radius 3 is 3.29 bits per heavy atom. The molecule has 4 rings (SSSR count). The van der Waals surface area contributed by atoms with E-state index in [2.05, 4.69) is 20.9 Å². The predicted molar refractivity (Wildman–Crippen MR) is 50.1 cm³/mol. The third-order valence-electron chi connectivity index (χ3n) is 2.72. The third kappa shape index (κ3) is 0.884. The lowest BCUT2D eigenvalue weighted by Crippen LogP contribution is -2.72. The molecule has 14 heavy (non-hydrogen) atoms. The fourth-order valence-electron chi connectivity index (χ4n) is 1.92. The van der Waals surface area contributed by atoms with Crippen LogP contribution < -0.4 is 16.0 Å². The van der Waals surface area contributed by atoms with E-state index in [1.54, 1.807) is 6.20 Å². The van der Waals surface area contributed by atoms with Gasteiger partial charge < -0.3 is 15.5 Å². The van der Waals surface area contributed by atoms with Crippen LogP contribution in [0.1, 0.15) is 0 Å².